The normalized spacial score (nSPS) is 16.2. The number of rotatable bonds is 11. The van der Waals surface area contributed by atoms with E-state index in [-0.39, 0.29) is 11.6 Å². The standard InChI is InChI=1S/C29H33FN2O2/c30-26-14-12-23(13-15-26)19-27(33)16-18-32-17-6-9-25(21-32)22-34-29-11-5-4-10-28(29)31-20-24-7-2-1-3-8-24/h1-5,7-8,10-15,25,31H,6,9,16-22H2. The van der Waals surface area contributed by atoms with Crippen molar-refractivity contribution < 1.29 is 13.9 Å². The molecule has 0 radical (unpaired) electrons. The highest BCUT2D eigenvalue weighted by molar-refractivity contribution is 5.81. The first-order valence-corrected chi connectivity index (χ1v) is 12.1. The number of nitrogens with zero attached hydrogens (tertiary/aromatic N) is 1. The van der Waals surface area contributed by atoms with E-state index in [2.05, 4.69) is 28.4 Å². The first-order chi connectivity index (χ1) is 16.7. The van der Waals surface area contributed by atoms with Gasteiger partial charge in [-0.2, -0.15) is 0 Å². The van der Waals surface area contributed by atoms with Crippen LogP contribution in [0.1, 0.15) is 30.4 Å². The molecule has 1 atom stereocenters. The van der Waals surface area contributed by atoms with Gasteiger partial charge in [0.2, 0.25) is 0 Å². The predicted molar refractivity (Wildman–Crippen MR) is 135 cm³/mol. The third kappa shape index (κ3) is 7.42. The summed E-state index contributed by atoms with van der Waals surface area (Å²) in [5.74, 6) is 1.25. The number of ketones is 1. The summed E-state index contributed by atoms with van der Waals surface area (Å²) < 4.78 is 19.3. The van der Waals surface area contributed by atoms with Gasteiger partial charge in [0.05, 0.1) is 12.3 Å². The molecule has 1 heterocycles. The topological polar surface area (TPSA) is 41.6 Å². The van der Waals surface area contributed by atoms with Gasteiger partial charge in [0, 0.05) is 38.4 Å². The molecule has 178 valence electrons. The Bertz CT molecular complexity index is 1040. The maximum absolute atomic E-state index is 13.0. The number of likely N-dealkylation sites (tertiary alicyclic amines) is 1. The predicted octanol–water partition coefficient (Wildman–Crippen LogP) is 5.73. The molecule has 1 saturated heterocycles. The van der Waals surface area contributed by atoms with Crippen molar-refractivity contribution in [1.82, 2.24) is 4.90 Å². The summed E-state index contributed by atoms with van der Waals surface area (Å²) in [6.45, 7) is 4.17. The molecule has 1 N–H and O–H groups in total. The molecule has 1 unspecified atom stereocenters. The average Bonchev–Trinajstić information content (AvgIpc) is 2.88. The van der Waals surface area contributed by atoms with Gasteiger partial charge in [-0.25, -0.2) is 4.39 Å². The summed E-state index contributed by atoms with van der Waals surface area (Å²) in [5.41, 5.74) is 3.11. The van der Waals surface area contributed by atoms with E-state index in [1.165, 1.54) is 17.7 Å². The van der Waals surface area contributed by atoms with Crippen LogP contribution < -0.4 is 10.1 Å². The van der Waals surface area contributed by atoms with Gasteiger partial charge >= 0.3 is 0 Å². The van der Waals surface area contributed by atoms with Crippen LogP contribution in [0.5, 0.6) is 5.75 Å². The number of hydrogen-bond acceptors (Lipinski definition) is 4. The van der Waals surface area contributed by atoms with E-state index in [9.17, 15) is 9.18 Å². The van der Waals surface area contributed by atoms with Crippen LogP contribution in [0, 0.1) is 11.7 Å². The van der Waals surface area contributed by atoms with E-state index in [1.807, 2.05) is 36.4 Å². The number of nitrogens with one attached hydrogen (secondary N) is 1. The number of piperidine rings is 1. The van der Waals surface area contributed by atoms with Gasteiger partial charge in [-0.1, -0.05) is 54.6 Å². The van der Waals surface area contributed by atoms with Gasteiger partial charge < -0.3 is 15.0 Å². The molecular weight excluding hydrogens is 427 g/mol. The maximum atomic E-state index is 13.0. The Balaban J connectivity index is 1.22. The van der Waals surface area contributed by atoms with Gasteiger partial charge in [-0.05, 0) is 54.8 Å². The summed E-state index contributed by atoms with van der Waals surface area (Å²) in [5, 5.41) is 3.49. The lowest BCUT2D eigenvalue weighted by molar-refractivity contribution is -0.118. The van der Waals surface area contributed by atoms with Gasteiger partial charge in [-0.3, -0.25) is 4.79 Å². The third-order valence-corrected chi connectivity index (χ3v) is 6.31. The molecule has 34 heavy (non-hydrogen) atoms. The summed E-state index contributed by atoms with van der Waals surface area (Å²) in [6, 6.07) is 24.6. The van der Waals surface area contributed by atoms with Crippen molar-refractivity contribution in [2.45, 2.75) is 32.2 Å². The Labute approximate surface area is 201 Å². The molecule has 1 aliphatic heterocycles. The summed E-state index contributed by atoms with van der Waals surface area (Å²) in [7, 11) is 0. The largest absolute Gasteiger partial charge is 0.491 e. The smallest absolute Gasteiger partial charge is 0.142 e. The lowest BCUT2D eigenvalue weighted by Gasteiger charge is -2.32. The van der Waals surface area contributed by atoms with Gasteiger partial charge in [0.15, 0.2) is 0 Å². The van der Waals surface area contributed by atoms with Crippen molar-refractivity contribution in [2.75, 3.05) is 31.6 Å². The van der Waals surface area contributed by atoms with Crippen LogP contribution in [0.2, 0.25) is 0 Å². The average molecular weight is 461 g/mol. The van der Waals surface area contributed by atoms with E-state index < -0.39 is 0 Å². The number of halogens is 1. The molecular formula is C29H33FN2O2. The number of para-hydroxylation sites is 2. The molecule has 4 nitrogen and oxygen atoms in total. The van der Waals surface area contributed by atoms with Crippen molar-refractivity contribution in [3.63, 3.8) is 0 Å². The van der Waals surface area contributed by atoms with E-state index in [0.717, 1.165) is 56.0 Å². The third-order valence-electron chi connectivity index (χ3n) is 6.31. The molecule has 3 aromatic carbocycles. The Morgan fingerprint density at radius 3 is 2.56 bits per heavy atom. The van der Waals surface area contributed by atoms with Crippen LogP contribution in [-0.4, -0.2) is 36.9 Å². The highest BCUT2D eigenvalue weighted by Gasteiger charge is 2.21. The van der Waals surface area contributed by atoms with Gasteiger partial charge in [0.25, 0.3) is 0 Å². The van der Waals surface area contributed by atoms with Crippen molar-refractivity contribution >= 4 is 11.5 Å². The SMILES string of the molecule is O=C(CCN1CCCC(COc2ccccc2NCc2ccccc2)C1)Cc1ccc(F)cc1. The molecule has 0 spiro atoms. The highest BCUT2D eigenvalue weighted by Crippen LogP contribution is 2.26. The van der Waals surface area contributed by atoms with Crippen molar-refractivity contribution in [3.8, 4) is 5.75 Å². The Hall–Kier alpha value is -3.18. The number of benzene rings is 3. The quantitative estimate of drug-likeness (QED) is 0.397. The first kappa shape index (κ1) is 24.0. The van der Waals surface area contributed by atoms with Crippen LogP contribution in [0.3, 0.4) is 0 Å². The highest BCUT2D eigenvalue weighted by atomic mass is 19.1. The fraction of sp³-hybridized carbons (Fsp3) is 0.345. The number of Topliss-reactive ketones (excluding diaryl/α,β-unsaturated/α-hetero) is 1. The minimum absolute atomic E-state index is 0.198. The lowest BCUT2D eigenvalue weighted by Crippen LogP contribution is -2.38. The lowest BCUT2D eigenvalue weighted by atomic mass is 9.98. The van der Waals surface area contributed by atoms with Crippen molar-refractivity contribution in [1.29, 1.82) is 0 Å². The van der Waals surface area contributed by atoms with E-state index in [4.69, 9.17) is 4.74 Å². The maximum Gasteiger partial charge on any atom is 0.142 e. The monoisotopic (exact) mass is 460 g/mol. The Morgan fingerprint density at radius 2 is 1.74 bits per heavy atom. The molecule has 4 rings (SSSR count). The van der Waals surface area contributed by atoms with Crippen LogP contribution in [0.4, 0.5) is 10.1 Å². The summed E-state index contributed by atoms with van der Waals surface area (Å²) in [6.07, 6.45) is 3.15. The molecule has 0 saturated carbocycles. The fourth-order valence-electron chi connectivity index (χ4n) is 4.43. The van der Waals surface area contributed by atoms with Crippen LogP contribution in [0.15, 0.2) is 78.9 Å². The second kappa shape index (κ2) is 12.3. The molecule has 0 aromatic heterocycles. The molecule has 3 aromatic rings. The van der Waals surface area contributed by atoms with Crippen molar-refractivity contribution in [3.05, 3.63) is 95.8 Å². The number of hydrogen-bond donors (Lipinski definition) is 1. The Kier molecular flexibility index (Phi) is 8.69. The fourth-order valence-corrected chi connectivity index (χ4v) is 4.43. The second-order valence-electron chi connectivity index (χ2n) is 9.05. The summed E-state index contributed by atoms with van der Waals surface area (Å²) in [4.78, 5) is 14.8. The van der Waals surface area contributed by atoms with E-state index in [1.54, 1.807) is 12.1 Å². The minimum Gasteiger partial charge on any atom is -0.491 e. The zero-order valence-electron chi connectivity index (χ0n) is 19.6. The van der Waals surface area contributed by atoms with Crippen LogP contribution >= 0.6 is 0 Å². The summed E-state index contributed by atoms with van der Waals surface area (Å²) >= 11 is 0. The van der Waals surface area contributed by atoms with E-state index in [0.29, 0.717) is 25.4 Å². The zero-order valence-corrected chi connectivity index (χ0v) is 19.6. The zero-order chi connectivity index (χ0) is 23.6. The molecule has 1 fully saturated rings. The first-order valence-electron chi connectivity index (χ1n) is 12.1. The number of carbonyl (C=O) groups is 1. The van der Waals surface area contributed by atoms with E-state index >= 15 is 0 Å². The number of anilines is 1. The second-order valence-corrected chi connectivity index (χ2v) is 9.05. The van der Waals surface area contributed by atoms with Crippen LogP contribution in [0.25, 0.3) is 0 Å². The van der Waals surface area contributed by atoms with Gasteiger partial charge in [0.1, 0.15) is 17.3 Å². The minimum atomic E-state index is -0.271. The molecule has 1 aliphatic rings. The van der Waals surface area contributed by atoms with Crippen LogP contribution in [-0.2, 0) is 17.8 Å². The molecule has 0 bridgehead atoms. The Morgan fingerprint density at radius 1 is 0.971 bits per heavy atom. The van der Waals surface area contributed by atoms with Crippen molar-refractivity contribution in [2.24, 2.45) is 5.92 Å². The molecule has 0 aliphatic carbocycles. The molecule has 0 amide bonds. The number of ether oxygens (including phenoxy) is 1. The number of carbonyl (C=O) groups excluding carboxylic acids is 1. The molecule has 5 heteroatoms. The van der Waals surface area contributed by atoms with Gasteiger partial charge in [-0.15, -0.1) is 0 Å².